The summed E-state index contributed by atoms with van der Waals surface area (Å²) < 4.78 is 90.4. The molecular formula is C13H6F7N3. The lowest BCUT2D eigenvalue weighted by atomic mass is 10.1. The van der Waals surface area contributed by atoms with E-state index in [1.54, 1.807) is 5.43 Å². The molecule has 0 radical (unpaired) electrons. The van der Waals surface area contributed by atoms with Crippen LogP contribution in [0.25, 0.3) is 0 Å². The highest BCUT2D eigenvalue weighted by Crippen LogP contribution is 2.31. The van der Waals surface area contributed by atoms with E-state index in [4.69, 9.17) is 0 Å². The van der Waals surface area contributed by atoms with Gasteiger partial charge in [-0.05, 0) is 6.07 Å². The van der Waals surface area contributed by atoms with Crippen LogP contribution >= 0.6 is 0 Å². The zero-order chi connectivity index (χ0) is 17.2. The summed E-state index contributed by atoms with van der Waals surface area (Å²) in [6.45, 7) is 0. The zero-order valence-electron chi connectivity index (χ0n) is 10.9. The molecule has 1 heterocycles. The molecule has 0 spiro atoms. The molecule has 1 aromatic heterocycles. The molecule has 0 atom stereocenters. The quantitative estimate of drug-likeness (QED) is 0.396. The summed E-state index contributed by atoms with van der Waals surface area (Å²) >= 11 is 0. The fraction of sp³-hybridized carbons (Fsp3) is 0.0769. The number of rotatable bonds is 3. The van der Waals surface area contributed by atoms with Gasteiger partial charge in [-0.2, -0.15) is 40.8 Å². The van der Waals surface area contributed by atoms with E-state index in [1.165, 1.54) is 6.07 Å². The van der Waals surface area contributed by atoms with Crippen molar-refractivity contribution >= 4 is 11.9 Å². The molecule has 0 amide bonds. The van der Waals surface area contributed by atoms with Crippen LogP contribution in [-0.4, -0.2) is 11.2 Å². The number of aromatic nitrogens is 1. The monoisotopic (exact) mass is 337 g/mol. The molecular weight excluding hydrogens is 331 g/mol. The number of anilines is 1. The molecule has 1 N–H and O–H groups in total. The number of nitrogens with zero attached hydrogens (tertiary/aromatic N) is 2. The van der Waals surface area contributed by atoms with Crippen molar-refractivity contribution in [3.8, 4) is 0 Å². The SMILES string of the molecule is Fc1nc(F)c(F)c(N/N=C\c2ccccc2C(F)(F)F)c1F. The van der Waals surface area contributed by atoms with Crippen LogP contribution < -0.4 is 5.43 Å². The second-order valence-corrected chi connectivity index (χ2v) is 4.15. The van der Waals surface area contributed by atoms with E-state index in [1.807, 2.05) is 0 Å². The van der Waals surface area contributed by atoms with E-state index in [0.29, 0.717) is 6.21 Å². The molecule has 2 aromatic rings. The second kappa shape index (κ2) is 6.23. The van der Waals surface area contributed by atoms with Gasteiger partial charge in [-0.3, -0.25) is 5.43 Å². The van der Waals surface area contributed by atoms with Crippen LogP contribution in [0, 0.1) is 23.5 Å². The lowest BCUT2D eigenvalue weighted by molar-refractivity contribution is -0.137. The minimum Gasteiger partial charge on any atom is -0.272 e. The van der Waals surface area contributed by atoms with Crippen molar-refractivity contribution in [2.75, 3.05) is 5.43 Å². The van der Waals surface area contributed by atoms with Gasteiger partial charge in [-0.15, -0.1) is 0 Å². The van der Waals surface area contributed by atoms with Crippen LogP contribution in [0.3, 0.4) is 0 Å². The maximum Gasteiger partial charge on any atom is 0.417 e. The Bertz CT molecular complexity index is 730. The van der Waals surface area contributed by atoms with E-state index in [0.717, 1.165) is 18.2 Å². The van der Waals surface area contributed by atoms with Crippen molar-refractivity contribution in [2.24, 2.45) is 5.10 Å². The first-order valence-corrected chi connectivity index (χ1v) is 5.87. The highest BCUT2D eigenvalue weighted by Gasteiger charge is 2.32. The lowest BCUT2D eigenvalue weighted by Crippen LogP contribution is -2.09. The molecule has 0 aliphatic heterocycles. The molecule has 0 saturated heterocycles. The Morgan fingerprint density at radius 2 is 1.52 bits per heavy atom. The molecule has 10 heteroatoms. The molecule has 0 aliphatic rings. The minimum atomic E-state index is -4.67. The Hall–Kier alpha value is -2.65. The molecule has 23 heavy (non-hydrogen) atoms. The molecule has 3 nitrogen and oxygen atoms in total. The Kier molecular flexibility index (Phi) is 4.52. The van der Waals surface area contributed by atoms with Crippen molar-refractivity contribution in [3.63, 3.8) is 0 Å². The predicted octanol–water partition coefficient (Wildman–Crippen LogP) is 4.10. The fourth-order valence-electron chi connectivity index (χ4n) is 1.62. The first-order valence-electron chi connectivity index (χ1n) is 5.87. The standard InChI is InChI=1S/C13H6F7N3/c14-8-10(9(15)12(17)22-11(8)16)23-21-5-6-3-1-2-4-7(6)13(18,19)20/h1-5H,(H,22,23)/b21-5-. The van der Waals surface area contributed by atoms with Crippen LogP contribution in [0.2, 0.25) is 0 Å². The van der Waals surface area contributed by atoms with Crippen molar-refractivity contribution in [3.05, 3.63) is 58.9 Å². The van der Waals surface area contributed by atoms with Gasteiger partial charge in [0.25, 0.3) is 11.9 Å². The zero-order valence-corrected chi connectivity index (χ0v) is 10.9. The molecule has 0 unspecified atom stereocenters. The molecule has 0 aliphatic carbocycles. The summed E-state index contributed by atoms with van der Waals surface area (Å²) in [5, 5.41) is 3.17. The van der Waals surface area contributed by atoms with Gasteiger partial charge >= 0.3 is 6.18 Å². The Morgan fingerprint density at radius 1 is 0.957 bits per heavy atom. The highest BCUT2D eigenvalue weighted by atomic mass is 19.4. The van der Waals surface area contributed by atoms with Gasteiger partial charge < -0.3 is 0 Å². The summed E-state index contributed by atoms with van der Waals surface area (Å²) in [4.78, 5) is 2.32. The third-order valence-electron chi connectivity index (χ3n) is 2.64. The lowest BCUT2D eigenvalue weighted by Gasteiger charge is -2.09. The van der Waals surface area contributed by atoms with Gasteiger partial charge in [-0.25, -0.2) is 0 Å². The predicted molar refractivity (Wildman–Crippen MR) is 66.7 cm³/mol. The van der Waals surface area contributed by atoms with E-state index in [2.05, 4.69) is 10.1 Å². The summed E-state index contributed by atoms with van der Waals surface area (Å²) in [6, 6.07) is 4.24. The topological polar surface area (TPSA) is 37.3 Å². The van der Waals surface area contributed by atoms with Gasteiger partial charge in [0.05, 0.1) is 11.8 Å². The molecule has 0 bridgehead atoms. The molecule has 0 fully saturated rings. The summed E-state index contributed by atoms with van der Waals surface area (Å²) in [6.07, 6.45) is -4.06. The largest absolute Gasteiger partial charge is 0.417 e. The van der Waals surface area contributed by atoms with Crippen LogP contribution in [0.15, 0.2) is 29.4 Å². The molecule has 0 saturated carbocycles. The first-order chi connectivity index (χ1) is 10.7. The van der Waals surface area contributed by atoms with Crippen molar-refractivity contribution in [1.29, 1.82) is 0 Å². The van der Waals surface area contributed by atoms with Gasteiger partial charge in [0, 0.05) is 5.56 Å². The first kappa shape index (κ1) is 16.7. The summed E-state index contributed by atoms with van der Waals surface area (Å²) in [5.41, 5.74) is -1.14. The van der Waals surface area contributed by atoms with E-state index in [9.17, 15) is 30.7 Å². The Balaban J connectivity index is 2.31. The smallest absolute Gasteiger partial charge is 0.272 e. The van der Waals surface area contributed by atoms with Gasteiger partial charge in [-0.1, -0.05) is 18.2 Å². The number of nitrogens with one attached hydrogen (secondary N) is 1. The Labute approximate surface area is 124 Å². The van der Waals surface area contributed by atoms with Crippen molar-refractivity contribution in [1.82, 2.24) is 4.98 Å². The normalized spacial score (nSPS) is 12.0. The van der Waals surface area contributed by atoms with Gasteiger partial charge in [0.15, 0.2) is 0 Å². The number of alkyl halides is 3. The number of hydrogen-bond acceptors (Lipinski definition) is 3. The number of hydrazone groups is 1. The minimum absolute atomic E-state index is 0.414. The molecule has 1 aromatic carbocycles. The highest BCUT2D eigenvalue weighted by molar-refractivity contribution is 5.82. The molecule has 2 rings (SSSR count). The number of halogens is 7. The maximum atomic E-state index is 13.3. The summed E-state index contributed by atoms with van der Waals surface area (Å²) in [7, 11) is 0. The average molecular weight is 337 g/mol. The van der Waals surface area contributed by atoms with Crippen molar-refractivity contribution in [2.45, 2.75) is 6.18 Å². The van der Waals surface area contributed by atoms with E-state index < -0.39 is 46.5 Å². The maximum absolute atomic E-state index is 13.3. The van der Waals surface area contributed by atoms with Crippen LogP contribution in [-0.2, 0) is 6.18 Å². The molecule has 122 valence electrons. The number of benzene rings is 1. The van der Waals surface area contributed by atoms with Crippen LogP contribution in [0.4, 0.5) is 36.4 Å². The number of pyridine rings is 1. The van der Waals surface area contributed by atoms with Crippen LogP contribution in [0.1, 0.15) is 11.1 Å². The van der Waals surface area contributed by atoms with Crippen molar-refractivity contribution < 1.29 is 30.7 Å². The van der Waals surface area contributed by atoms with Crippen LogP contribution in [0.5, 0.6) is 0 Å². The van der Waals surface area contributed by atoms with Gasteiger partial charge in [0.2, 0.25) is 11.6 Å². The van der Waals surface area contributed by atoms with E-state index >= 15 is 0 Å². The van der Waals surface area contributed by atoms with Gasteiger partial charge in [0.1, 0.15) is 5.69 Å². The second-order valence-electron chi connectivity index (χ2n) is 4.15. The third kappa shape index (κ3) is 3.58. The Morgan fingerprint density at radius 3 is 2.09 bits per heavy atom. The third-order valence-corrected chi connectivity index (χ3v) is 2.64. The van der Waals surface area contributed by atoms with E-state index in [-0.39, 0.29) is 0 Å². The summed E-state index contributed by atoms with van der Waals surface area (Å²) in [5.74, 6) is -7.55. The number of hydrogen-bond donors (Lipinski definition) is 1. The fourth-order valence-corrected chi connectivity index (χ4v) is 1.62. The average Bonchev–Trinajstić information content (AvgIpc) is 2.48.